The summed E-state index contributed by atoms with van der Waals surface area (Å²) in [5.74, 6) is -0.964. The fraction of sp³-hybridized carbons (Fsp3) is 0.286. The molecule has 20 heavy (non-hydrogen) atoms. The number of amides is 2. The minimum atomic E-state index is -0.418. The Labute approximate surface area is 114 Å². The average Bonchev–Trinajstić information content (AvgIpc) is 2.75. The smallest absolute Gasteiger partial charge is 0.235 e. The van der Waals surface area contributed by atoms with Crippen molar-refractivity contribution in [1.29, 1.82) is 0 Å². The molecule has 3 rings (SSSR count). The van der Waals surface area contributed by atoms with Gasteiger partial charge in [0, 0.05) is 24.4 Å². The number of hydrogen-bond acceptors (Lipinski definition) is 4. The van der Waals surface area contributed by atoms with Crippen molar-refractivity contribution in [2.24, 2.45) is 7.05 Å². The van der Waals surface area contributed by atoms with Gasteiger partial charge in [0.2, 0.25) is 11.8 Å². The number of aldehydes is 1. The number of nitrogens with zero attached hydrogens (tertiary/aromatic N) is 2. The molecule has 6 heteroatoms. The highest BCUT2D eigenvalue weighted by Gasteiger charge is 2.31. The van der Waals surface area contributed by atoms with Crippen LogP contribution < -0.4 is 5.32 Å². The summed E-state index contributed by atoms with van der Waals surface area (Å²) in [7, 11) is 1.77. The topological polar surface area (TPSA) is 81.1 Å². The molecule has 1 aromatic carbocycles. The molecule has 1 unspecified atom stereocenters. The molecule has 0 radical (unpaired) electrons. The van der Waals surface area contributed by atoms with Crippen molar-refractivity contribution in [3.05, 3.63) is 29.5 Å². The predicted octanol–water partition coefficient (Wildman–Crippen LogP) is 0.906. The molecule has 0 bridgehead atoms. The molecule has 2 amide bonds. The first kappa shape index (κ1) is 12.5. The Bertz CT molecular complexity index is 733. The lowest BCUT2D eigenvalue weighted by Gasteiger charge is -2.19. The van der Waals surface area contributed by atoms with Crippen LogP contribution in [-0.2, 0) is 16.6 Å². The van der Waals surface area contributed by atoms with Crippen molar-refractivity contribution in [3.63, 3.8) is 0 Å². The number of imide groups is 1. The third-order valence-corrected chi connectivity index (χ3v) is 3.61. The highest BCUT2D eigenvalue weighted by molar-refractivity contribution is 6.02. The van der Waals surface area contributed by atoms with Crippen LogP contribution in [0.1, 0.15) is 34.8 Å². The molecular formula is C14H13N3O3. The van der Waals surface area contributed by atoms with Gasteiger partial charge in [0.1, 0.15) is 6.29 Å². The van der Waals surface area contributed by atoms with Crippen molar-refractivity contribution in [1.82, 2.24) is 15.1 Å². The maximum Gasteiger partial charge on any atom is 0.235 e. The average molecular weight is 271 g/mol. The Morgan fingerprint density at radius 1 is 1.40 bits per heavy atom. The minimum Gasteiger partial charge on any atom is -0.298 e. The molecule has 2 heterocycles. The summed E-state index contributed by atoms with van der Waals surface area (Å²) in [5, 5.41) is 7.57. The standard InChI is InChI=1S/C14H13N3O3/c1-17-11-6-8(7-18)2-3-9(11)13(16-17)10-4-5-12(19)15-14(10)20/h2-3,6-7,10H,4-5H2,1H3,(H,15,19,20). The molecule has 102 valence electrons. The SMILES string of the molecule is Cn1nc(C2CCC(=O)NC2=O)c2ccc(C=O)cc21. The Morgan fingerprint density at radius 2 is 2.20 bits per heavy atom. The van der Waals surface area contributed by atoms with E-state index in [1.807, 2.05) is 0 Å². The van der Waals surface area contributed by atoms with Crippen LogP contribution in [0.25, 0.3) is 10.9 Å². The molecule has 1 fully saturated rings. The number of carbonyl (C=O) groups is 3. The van der Waals surface area contributed by atoms with E-state index >= 15 is 0 Å². The van der Waals surface area contributed by atoms with Gasteiger partial charge in [-0.15, -0.1) is 0 Å². The lowest BCUT2D eigenvalue weighted by Crippen LogP contribution is -2.39. The third kappa shape index (κ3) is 1.89. The molecule has 0 saturated carbocycles. The number of nitrogens with one attached hydrogen (secondary N) is 1. The fourth-order valence-electron chi connectivity index (χ4n) is 2.59. The van der Waals surface area contributed by atoms with Crippen LogP contribution in [0, 0.1) is 0 Å². The second-order valence-electron chi connectivity index (χ2n) is 4.91. The van der Waals surface area contributed by atoms with E-state index in [0.717, 1.165) is 17.2 Å². The summed E-state index contributed by atoms with van der Waals surface area (Å²) in [6.45, 7) is 0. The number of benzene rings is 1. The zero-order valence-corrected chi connectivity index (χ0v) is 10.9. The van der Waals surface area contributed by atoms with Crippen LogP contribution in [0.5, 0.6) is 0 Å². The van der Waals surface area contributed by atoms with Crippen molar-refractivity contribution >= 4 is 29.0 Å². The normalized spacial score (nSPS) is 19.1. The first-order valence-corrected chi connectivity index (χ1v) is 6.35. The van der Waals surface area contributed by atoms with E-state index in [0.29, 0.717) is 24.1 Å². The number of piperidine rings is 1. The number of aromatic nitrogens is 2. The van der Waals surface area contributed by atoms with Crippen LogP contribution in [0.15, 0.2) is 18.2 Å². The summed E-state index contributed by atoms with van der Waals surface area (Å²) in [4.78, 5) is 34.0. The predicted molar refractivity (Wildman–Crippen MR) is 71.2 cm³/mol. The van der Waals surface area contributed by atoms with Gasteiger partial charge in [0.15, 0.2) is 0 Å². The molecule has 1 atom stereocenters. The van der Waals surface area contributed by atoms with Gasteiger partial charge >= 0.3 is 0 Å². The molecule has 1 aliphatic heterocycles. The maximum absolute atomic E-state index is 11.9. The lowest BCUT2D eigenvalue weighted by molar-refractivity contribution is -0.134. The van der Waals surface area contributed by atoms with E-state index in [-0.39, 0.29) is 11.8 Å². The second kappa shape index (κ2) is 4.56. The zero-order chi connectivity index (χ0) is 14.3. The Hall–Kier alpha value is -2.50. The summed E-state index contributed by atoms with van der Waals surface area (Å²) in [6, 6.07) is 5.24. The van der Waals surface area contributed by atoms with Gasteiger partial charge in [-0.1, -0.05) is 12.1 Å². The van der Waals surface area contributed by atoms with E-state index < -0.39 is 5.92 Å². The van der Waals surface area contributed by atoms with Gasteiger partial charge in [-0.3, -0.25) is 24.4 Å². The molecule has 0 aliphatic carbocycles. The number of aryl methyl sites for hydroxylation is 1. The van der Waals surface area contributed by atoms with E-state index in [4.69, 9.17) is 0 Å². The van der Waals surface area contributed by atoms with Gasteiger partial charge in [-0.2, -0.15) is 5.10 Å². The number of fused-ring (bicyclic) bond motifs is 1. The molecule has 1 aromatic heterocycles. The Morgan fingerprint density at radius 3 is 2.90 bits per heavy atom. The fourth-order valence-corrected chi connectivity index (χ4v) is 2.59. The number of carbonyl (C=O) groups excluding carboxylic acids is 3. The molecule has 1 saturated heterocycles. The highest BCUT2D eigenvalue weighted by Crippen LogP contribution is 2.30. The Kier molecular flexibility index (Phi) is 2.85. The van der Waals surface area contributed by atoms with Crippen LogP contribution in [-0.4, -0.2) is 27.9 Å². The van der Waals surface area contributed by atoms with Gasteiger partial charge < -0.3 is 0 Å². The van der Waals surface area contributed by atoms with Gasteiger partial charge in [-0.25, -0.2) is 0 Å². The van der Waals surface area contributed by atoms with E-state index in [2.05, 4.69) is 10.4 Å². The molecular weight excluding hydrogens is 258 g/mol. The van der Waals surface area contributed by atoms with Crippen LogP contribution in [0.4, 0.5) is 0 Å². The highest BCUT2D eigenvalue weighted by atomic mass is 16.2. The van der Waals surface area contributed by atoms with Crippen LogP contribution in [0.2, 0.25) is 0 Å². The van der Waals surface area contributed by atoms with Crippen molar-refractivity contribution < 1.29 is 14.4 Å². The van der Waals surface area contributed by atoms with Crippen molar-refractivity contribution in [3.8, 4) is 0 Å². The molecule has 0 spiro atoms. The monoisotopic (exact) mass is 271 g/mol. The van der Waals surface area contributed by atoms with E-state index in [9.17, 15) is 14.4 Å². The molecule has 6 nitrogen and oxygen atoms in total. The van der Waals surface area contributed by atoms with Gasteiger partial charge in [0.25, 0.3) is 0 Å². The molecule has 2 aromatic rings. The van der Waals surface area contributed by atoms with Crippen molar-refractivity contribution in [2.75, 3.05) is 0 Å². The zero-order valence-electron chi connectivity index (χ0n) is 10.9. The van der Waals surface area contributed by atoms with Crippen molar-refractivity contribution in [2.45, 2.75) is 18.8 Å². The first-order chi connectivity index (χ1) is 9.60. The molecule has 1 aliphatic rings. The lowest BCUT2D eigenvalue weighted by atomic mass is 9.92. The summed E-state index contributed by atoms with van der Waals surface area (Å²) in [6.07, 6.45) is 1.56. The van der Waals surface area contributed by atoms with Crippen LogP contribution >= 0.6 is 0 Å². The molecule has 1 N–H and O–H groups in total. The maximum atomic E-state index is 11.9. The summed E-state index contributed by atoms with van der Waals surface area (Å²) >= 11 is 0. The summed E-state index contributed by atoms with van der Waals surface area (Å²) in [5.41, 5.74) is 2.02. The summed E-state index contributed by atoms with van der Waals surface area (Å²) < 4.78 is 1.65. The van der Waals surface area contributed by atoms with Crippen LogP contribution in [0.3, 0.4) is 0 Å². The second-order valence-corrected chi connectivity index (χ2v) is 4.91. The first-order valence-electron chi connectivity index (χ1n) is 6.35. The number of rotatable bonds is 2. The van der Waals surface area contributed by atoms with Gasteiger partial charge in [0.05, 0.1) is 17.1 Å². The van der Waals surface area contributed by atoms with E-state index in [1.165, 1.54) is 0 Å². The van der Waals surface area contributed by atoms with Gasteiger partial charge in [-0.05, 0) is 12.5 Å². The largest absolute Gasteiger partial charge is 0.298 e. The van der Waals surface area contributed by atoms with E-state index in [1.54, 1.807) is 29.9 Å². The number of hydrogen-bond donors (Lipinski definition) is 1. The quantitative estimate of drug-likeness (QED) is 0.650. The minimum absolute atomic E-state index is 0.241. The third-order valence-electron chi connectivity index (χ3n) is 3.61. The Balaban J connectivity index is 2.10.